The van der Waals surface area contributed by atoms with Crippen LogP contribution in [-0.4, -0.2) is 50.3 Å². The molecule has 1 aliphatic heterocycles. The molecule has 1 aromatic carbocycles. The molecule has 21 heavy (non-hydrogen) atoms. The van der Waals surface area contributed by atoms with E-state index in [-0.39, 0.29) is 0 Å². The Morgan fingerprint density at radius 1 is 1.19 bits per heavy atom. The minimum absolute atomic E-state index is 0.326. The van der Waals surface area contributed by atoms with Gasteiger partial charge in [0.1, 0.15) is 0 Å². The van der Waals surface area contributed by atoms with Crippen molar-refractivity contribution in [3.05, 3.63) is 29.3 Å². The van der Waals surface area contributed by atoms with E-state index in [1.165, 1.54) is 0 Å². The number of alkyl halides is 1. The van der Waals surface area contributed by atoms with Crippen LogP contribution in [0.25, 0.3) is 0 Å². The molecule has 0 N–H and O–H groups in total. The average molecular weight is 331 g/mol. The van der Waals surface area contributed by atoms with Crippen molar-refractivity contribution < 1.29 is 8.42 Å². The van der Waals surface area contributed by atoms with Crippen LogP contribution in [0.3, 0.4) is 0 Å². The number of rotatable bonds is 5. The summed E-state index contributed by atoms with van der Waals surface area (Å²) in [6.45, 7) is 7.75. The van der Waals surface area contributed by atoms with Gasteiger partial charge in [-0.25, -0.2) is 8.42 Å². The average Bonchev–Trinajstić information content (AvgIpc) is 2.48. The van der Waals surface area contributed by atoms with Gasteiger partial charge >= 0.3 is 0 Å². The van der Waals surface area contributed by atoms with Crippen LogP contribution in [0.1, 0.15) is 24.5 Å². The summed E-state index contributed by atoms with van der Waals surface area (Å²) in [7, 11) is -3.42. The van der Waals surface area contributed by atoms with Gasteiger partial charge in [0.25, 0.3) is 0 Å². The fraction of sp³-hybridized carbons (Fsp3) is 0.600. The lowest BCUT2D eigenvalue weighted by atomic mass is 10.2. The van der Waals surface area contributed by atoms with Gasteiger partial charge in [0, 0.05) is 32.1 Å². The van der Waals surface area contributed by atoms with E-state index in [0.717, 1.165) is 37.2 Å². The Morgan fingerprint density at radius 3 is 2.43 bits per heavy atom. The molecule has 1 fully saturated rings. The van der Waals surface area contributed by atoms with Gasteiger partial charge < -0.3 is 4.90 Å². The summed E-state index contributed by atoms with van der Waals surface area (Å²) in [4.78, 5) is 2.71. The normalized spacial score (nSPS) is 18.0. The van der Waals surface area contributed by atoms with Crippen molar-refractivity contribution in [2.24, 2.45) is 0 Å². The maximum atomic E-state index is 12.8. The maximum Gasteiger partial charge on any atom is 0.243 e. The number of nitrogens with zero attached hydrogens (tertiary/aromatic N) is 2. The summed E-state index contributed by atoms with van der Waals surface area (Å²) < 4.78 is 27.2. The molecule has 1 aromatic rings. The highest BCUT2D eigenvalue weighted by Gasteiger charge is 2.29. The van der Waals surface area contributed by atoms with Gasteiger partial charge in [-0.2, -0.15) is 4.31 Å². The smallest absolute Gasteiger partial charge is 0.243 e. The monoisotopic (exact) mass is 330 g/mol. The lowest BCUT2D eigenvalue weighted by Crippen LogP contribution is -2.48. The number of sulfonamides is 1. The lowest BCUT2D eigenvalue weighted by Gasteiger charge is -2.34. The third-order valence-corrected chi connectivity index (χ3v) is 6.25. The van der Waals surface area contributed by atoms with E-state index in [4.69, 9.17) is 11.6 Å². The summed E-state index contributed by atoms with van der Waals surface area (Å²) in [5.74, 6) is 0.326. The Bertz CT molecular complexity index is 581. The zero-order valence-electron chi connectivity index (χ0n) is 12.7. The molecular formula is C15H23ClN2O2S. The van der Waals surface area contributed by atoms with Crippen molar-refractivity contribution in [3.8, 4) is 0 Å². The zero-order chi connectivity index (χ0) is 15.5. The number of benzene rings is 1. The van der Waals surface area contributed by atoms with E-state index < -0.39 is 10.0 Å². The molecule has 118 valence electrons. The van der Waals surface area contributed by atoms with E-state index in [2.05, 4.69) is 11.8 Å². The SMILES string of the molecule is CCCN1CCN(S(=O)(=O)c2cc(CCl)ccc2C)CC1. The van der Waals surface area contributed by atoms with Gasteiger partial charge in [-0.1, -0.05) is 19.1 Å². The second-order valence-corrected chi connectivity index (χ2v) is 7.65. The Balaban J connectivity index is 2.19. The van der Waals surface area contributed by atoms with E-state index in [1.807, 2.05) is 19.1 Å². The zero-order valence-corrected chi connectivity index (χ0v) is 14.3. The van der Waals surface area contributed by atoms with Gasteiger partial charge in [0.05, 0.1) is 4.90 Å². The van der Waals surface area contributed by atoms with Crippen LogP contribution < -0.4 is 0 Å². The molecule has 0 radical (unpaired) electrons. The number of aryl methyl sites for hydroxylation is 1. The topological polar surface area (TPSA) is 40.6 Å². The summed E-state index contributed by atoms with van der Waals surface area (Å²) in [6, 6.07) is 5.41. The lowest BCUT2D eigenvalue weighted by molar-refractivity contribution is 0.188. The predicted octanol–water partition coefficient (Wildman–Crippen LogP) is 2.45. The van der Waals surface area contributed by atoms with Gasteiger partial charge in [-0.15, -0.1) is 11.6 Å². The van der Waals surface area contributed by atoms with Crippen molar-refractivity contribution in [1.82, 2.24) is 9.21 Å². The Labute approximate surface area is 132 Å². The molecule has 2 rings (SSSR count). The van der Waals surface area contributed by atoms with Crippen LogP contribution >= 0.6 is 11.6 Å². The van der Waals surface area contributed by atoms with Gasteiger partial charge in [0.15, 0.2) is 0 Å². The largest absolute Gasteiger partial charge is 0.301 e. The Kier molecular flexibility index (Phi) is 5.66. The van der Waals surface area contributed by atoms with E-state index in [9.17, 15) is 8.42 Å². The first-order valence-electron chi connectivity index (χ1n) is 7.37. The number of halogens is 1. The van der Waals surface area contributed by atoms with Crippen molar-refractivity contribution in [2.75, 3.05) is 32.7 Å². The first kappa shape index (κ1) is 16.7. The predicted molar refractivity (Wildman–Crippen MR) is 86.2 cm³/mol. The number of piperazine rings is 1. The molecule has 0 spiro atoms. The molecule has 0 atom stereocenters. The van der Waals surface area contributed by atoms with Crippen LogP contribution in [0.4, 0.5) is 0 Å². The molecule has 1 heterocycles. The standard InChI is InChI=1S/C15H23ClN2O2S/c1-3-6-17-7-9-18(10-8-17)21(19,20)15-11-14(12-16)5-4-13(15)2/h4-5,11H,3,6-10,12H2,1-2H3. The molecule has 0 aromatic heterocycles. The molecule has 0 bridgehead atoms. The van der Waals surface area contributed by atoms with Crippen molar-refractivity contribution >= 4 is 21.6 Å². The molecule has 0 aliphatic carbocycles. The van der Waals surface area contributed by atoms with Crippen LogP contribution in [0.15, 0.2) is 23.1 Å². The maximum absolute atomic E-state index is 12.8. The molecule has 0 unspecified atom stereocenters. The third-order valence-electron chi connectivity index (χ3n) is 3.90. The molecule has 1 saturated heterocycles. The first-order valence-corrected chi connectivity index (χ1v) is 9.34. The van der Waals surface area contributed by atoms with Gasteiger partial charge in [0.2, 0.25) is 10.0 Å². The van der Waals surface area contributed by atoms with E-state index >= 15 is 0 Å². The quantitative estimate of drug-likeness (QED) is 0.779. The van der Waals surface area contributed by atoms with Crippen LogP contribution in [0.5, 0.6) is 0 Å². The fourth-order valence-corrected chi connectivity index (χ4v) is 4.52. The third kappa shape index (κ3) is 3.77. The van der Waals surface area contributed by atoms with E-state index in [0.29, 0.717) is 23.9 Å². The first-order chi connectivity index (χ1) is 9.98. The highest BCUT2D eigenvalue weighted by Crippen LogP contribution is 2.23. The van der Waals surface area contributed by atoms with Crippen molar-refractivity contribution in [3.63, 3.8) is 0 Å². The molecule has 0 saturated carbocycles. The van der Waals surface area contributed by atoms with Crippen LogP contribution in [-0.2, 0) is 15.9 Å². The second kappa shape index (κ2) is 7.09. The molecular weight excluding hydrogens is 308 g/mol. The van der Waals surface area contributed by atoms with Crippen LogP contribution in [0.2, 0.25) is 0 Å². The molecule has 6 heteroatoms. The van der Waals surface area contributed by atoms with E-state index in [1.54, 1.807) is 10.4 Å². The van der Waals surface area contributed by atoms with Crippen molar-refractivity contribution in [2.45, 2.75) is 31.0 Å². The molecule has 0 amide bonds. The highest BCUT2D eigenvalue weighted by molar-refractivity contribution is 7.89. The van der Waals surface area contributed by atoms with Crippen LogP contribution in [0, 0.1) is 6.92 Å². The number of hydrogen-bond donors (Lipinski definition) is 0. The summed E-state index contributed by atoms with van der Waals surface area (Å²) >= 11 is 5.83. The Hall–Kier alpha value is -0.620. The fourth-order valence-electron chi connectivity index (χ4n) is 2.65. The summed E-state index contributed by atoms with van der Waals surface area (Å²) in [6.07, 6.45) is 1.10. The minimum atomic E-state index is -3.42. The Morgan fingerprint density at radius 2 is 1.86 bits per heavy atom. The second-order valence-electron chi connectivity index (χ2n) is 5.48. The molecule has 4 nitrogen and oxygen atoms in total. The number of hydrogen-bond acceptors (Lipinski definition) is 3. The van der Waals surface area contributed by atoms with Crippen molar-refractivity contribution in [1.29, 1.82) is 0 Å². The summed E-state index contributed by atoms with van der Waals surface area (Å²) in [5, 5.41) is 0. The van der Waals surface area contributed by atoms with Gasteiger partial charge in [-0.05, 0) is 37.1 Å². The summed E-state index contributed by atoms with van der Waals surface area (Å²) in [5.41, 5.74) is 1.62. The molecule has 1 aliphatic rings. The highest BCUT2D eigenvalue weighted by atomic mass is 35.5. The van der Waals surface area contributed by atoms with Gasteiger partial charge in [-0.3, -0.25) is 0 Å². The minimum Gasteiger partial charge on any atom is -0.301 e.